The lowest BCUT2D eigenvalue weighted by Gasteiger charge is -2.10. The van der Waals surface area contributed by atoms with E-state index in [0.29, 0.717) is 50.0 Å². The van der Waals surface area contributed by atoms with E-state index in [1.54, 1.807) is 13.8 Å². The van der Waals surface area contributed by atoms with Crippen LogP contribution in [-0.2, 0) is 31.9 Å². The molecule has 0 aliphatic heterocycles. The number of hydrogen-bond acceptors (Lipinski definition) is 6. The smallest absolute Gasteiger partial charge is 0.305 e. The maximum Gasteiger partial charge on any atom is 0.305 e. The Hall–Kier alpha value is -1.98. The van der Waals surface area contributed by atoms with E-state index in [9.17, 15) is 19.2 Å². The fourth-order valence-electron chi connectivity index (χ4n) is 2.30. The second kappa shape index (κ2) is 9.12. The lowest BCUT2D eigenvalue weighted by Crippen LogP contribution is -2.40. The van der Waals surface area contributed by atoms with Crippen LogP contribution in [0.2, 0.25) is 0 Å². The summed E-state index contributed by atoms with van der Waals surface area (Å²) in [5.74, 6) is -0.602. The summed E-state index contributed by atoms with van der Waals surface area (Å²) in [5, 5.41) is 0. The van der Waals surface area contributed by atoms with Crippen molar-refractivity contribution in [3.63, 3.8) is 0 Å². The molecule has 1 rings (SSSR count). The molecule has 122 valence electrons. The van der Waals surface area contributed by atoms with Gasteiger partial charge in [-0.3, -0.25) is 19.2 Å². The standard InChI is InChI=1S/C16H22O6/c1-3-21-13(17)9-5-7-11-12(16(20)15(11)19)8-6-10-14(18)22-4-2/h3-10H2,1-2H3. The minimum atomic E-state index is -0.463. The summed E-state index contributed by atoms with van der Waals surface area (Å²) in [6.07, 6.45) is 2.23. The summed E-state index contributed by atoms with van der Waals surface area (Å²) in [5.41, 5.74) is 0.0706. The summed E-state index contributed by atoms with van der Waals surface area (Å²) < 4.78 is 9.61. The highest BCUT2D eigenvalue weighted by Crippen LogP contribution is 2.10. The number of hydrogen-bond donors (Lipinski definition) is 0. The highest BCUT2D eigenvalue weighted by molar-refractivity contribution is 5.69. The molecule has 0 aliphatic rings. The minimum Gasteiger partial charge on any atom is -0.466 e. The Morgan fingerprint density at radius 3 is 1.45 bits per heavy atom. The summed E-state index contributed by atoms with van der Waals surface area (Å²) in [6, 6.07) is 0. The third-order valence-electron chi connectivity index (χ3n) is 3.34. The van der Waals surface area contributed by atoms with Crippen LogP contribution in [0.15, 0.2) is 9.59 Å². The van der Waals surface area contributed by atoms with Crippen molar-refractivity contribution in [2.75, 3.05) is 13.2 Å². The lowest BCUT2D eigenvalue weighted by atomic mass is 9.92. The topological polar surface area (TPSA) is 86.7 Å². The molecule has 0 saturated heterocycles. The van der Waals surface area contributed by atoms with E-state index in [2.05, 4.69) is 0 Å². The van der Waals surface area contributed by atoms with Gasteiger partial charge in [-0.15, -0.1) is 0 Å². The molecular weight excluding hydrogens is 288 g/mol. The molecule has 1 aromatic rings. The molecule has 0 saturated carbocycles. The van der Waals surface area contributed by atoms with Gasteiger partial charge in [0.05, 0.1) is 13.2 Å². The van der Waals surface area contributed by atoms with E-state index in [-0.39, 0.29) is 24.8 Å². The van der Waals surface area contributed by atoms with E-state index in [1.165, 1.54) is 0 Å². The predicted octanol–water partition coefficient (Wildman–Crippen LogP) is 1.05. The van der Waals surface area contributed by atoms with Crippen molar-refractivity contribution in [2.24, 2.45) is 0 Å². The summed E-state index contributed by atoms with van der Waals surface area (Å²) in [7, 11) is 0. The molecule has 0 unspecified atom stereocenters. The van der Waals surface area contributed by atoms with Crippen LogP contribution in [-0.4, -0.2) is 25.2 Å². The van der Waals surface area contributed by atoms with Crippen molar-refractivity contribution in [1.29, 1.82) is 0 Å². The maximum absolute atomic E-state index is 11.6. The van der Waals surface area contributed by atoms with Crippen LogP contribution in [0.1, 0.15) is 50.7 Å². The Morgan fingerprint density at radius 1 is 0.773 bits per heavy atom. The zero-order valence-electron chi connectivity index (χ0n) is 13.1. The van der Waals surface area contributed by atoms with E-state index in [4.69, 9.17) is 9.47 Å². The molecule has 0 spiro atoms. The van der Waals surface area contributed by atoms with E-state index in [0.717, 1.165) is 0 Å². The van der Waals surface area contributed by atoms with Crippen molar-refractivity contribution in [3.05, 3.63) is 31.6 Å². The number of carbonyl (C=O) groups is 2. The molecule has 22 heavy (non-hydrogen) atoms. The van der Waals surface area contributed by atoms with Crippen molar-refractivity contribution >= 4 is 11.9 Å². The molecule has 0 fully saturated rings. The van der Waals surface area contributed by atoms with Gasteiger partial charge >= 0.3 is 11.9 Å². The molecule has 0 atom stereocenters. The average molecular weight is 310 g/mol. The second-order valence-electron chi connectivity index (χ2n) is 4.93. The van der Waals surface area contributed by atoms with Crippen LogP contribution < -0.4 is 10.9 Å². The Bertz CT molecular complexity index is 528. The van der Waals surface area contributed by atoms with Crippen LogP contribution in [0, 0.1) is 0 Å². The Kier molecular flexibility index (Phi) is 7.49. The zero-order valence-corrected chi connectivity index (χ0v) is 13.1. The zero-order chi connectivity index (χ0) is 16.5. The number of rotatable bonds is 10. The van der Waals surface area contributed by atoms with Gasteiger partial charge in [0.1, 0.15) is 0 Å². The first kappa shape index (κ1) is 18.1. The van der Waals surface area contributed by atoms with Crippen molar-refractivity contribution in [3.8, 4) is 0 Å². The Labute approximate surface area is 129 Å². The average Bonchev–Trinajstić information content (AvgIpc) is 2.49. The summed E-state index contributed by atoms with van der Waals surface area (Å²) >= 11 is 0. The second-order valence-corrected chi connectivity index (χ2v) is 4.93. The first-order chi connectivity index (χ1) is 10.5. The van der Waals surface area contributed by atoms with Crippen LogP contribution in [0.25, 0.3) is 0 Å². The highest BCUT2D eigenvalue weighted by atomic mass is 16.5. The normalized spacial score (nSPS) is 10.6. The lowest BCUT2D eigenvalue weighted by molar-refractivity contribution is -0.144. The fourth-order valence-corrected chi connectivity index (χ4v) is 2.30. The Morgan fingerprint density at radius 2 is 1.14 bits per heavy atom. The molecule has 6 heteroatoms. The van der Waals surface area contributed by atoms with Crippen LogP contribution in [0.4, 0.5) is 0 Å². The van der Waals surface area contributed by atoms with Crippen molar-refractivity contribution in [2.45, 2.75) is 52.4 Å². The summed E-state index contributed by atoms with van der Waals surface area (Å²) in [4.78, 5) is 45.6. The van der Waals surface area contributed by atoms with Crippen LogP contribution in [0.5, 0.6) is 0 Å². The maximum atomic E-state index is 11.6. The van der Waals surface area contributed by atoms with Gasteiger partial charge in [0.25, 0.3) is 0 Å². The van der Waals surface area contributed by atoms with Gasteiger partial charge in [0.2, 0.25) is 10.9 Å². The number of esters is 2. The van der Waals surface area contributed by atoms with Gasteiger partial charge in [0.15, 0.2) is 0 Å². The van der Waals surface area contributed by atoms with Crippen LogP contribution >= 0.6 is 0 Å². The third kappa shape index (κ3) is 5.09. The van der Waals surface area contributed by atoms with Crippen molar-refractivity contribution in [1.82, 2.24) is 0 Å². The molecule has 0 aliphatic carbocycles. The van der Waals surface area contributed by atoms with Gasteiger partial charge < -0.3 is 9.47 Å². The predicted molar refractivity (Wildman–Crippen MR) is 80.5 cm³/mol. The van der Waals surface area contributed by atoms with Gasteiger partial charge in [-0.1, -0.05) is 0 Å². The molecule has 0 bridgehead atoms. The molecule has 0 radical (unpaired) electrons. The van der Waals surface area contributed by atoms with Crippen LogP contribution in [0.3, 0.4) is 0 Å². The largest absolute Gasteiger partial charge is 0.466 e. The van der Waals surface area contributed by atoms with Gasteiger partial charge in [-0.2, -0.15) is 0 Å². The highest BCUT2D eigenvalue weighted by Gasteiger charge is 2.20. The van der Waals surface area contributed by atoms with Gasteiger partial charge in [0, 0.05) is 24.0 Å². The quantitative estimate of drug-likeness (QED) is 0.474. The molecule has 6 nitrogen and oxygen atoms in total. The molecule has 1 aromatic carbocycles. The number of ether oxygens (including phenoxy) is 2. The fraction of sp³-hybridized carbons (Fsp3) is 0.625. The molecule has 0 N–H and O–H groups in total. The minimum absolute atomic E-state index is 0.231. The molecular formula is C16H22O6. The SMILES string of the molecule is CCOC(=O)CCCc1c(CCCC(=O)OCC)c(=O)c1=O. The number of carbonyl (C=O) groups excluding carboxylic acids is 2. The molecule has 0 heterocycles. The Balaban J connectivity index is 2.44. The van der Waals surface area contributed by atoms with Gasteiger partial charge in [-0.05, 0) is 39.5 Å². The first-order valence-electron chi connectivity index (χ1n) is 7.63. The monoisotopic (exact) mass is 310 g/mol. The summed E-state index contributed by atoms with van der Waals surface area (Å²) in [6.45, 7) is 4.13. The first-order valence-corrected chi connectivity index (χ1v) is 7.63. The third-order valence-corrected chi connectivity index (χ3v) is 3.34. The van der Waals surface area contributed by atoms with E-state index in [1.807, 2.05) is 0 Å². The molecule has 0 amide bonds. The van der Waals surface area contributed by atoms with Crippen molar-refractivity contribution < 1.29 is 19.1 Å². The van der Waals surface area contributed by atoms with E-state index < -0.39 is 10.9 Å². The molecule has 0 aromatic heterocycles. The van der Waals surface area contributed by atoms with Gasteiger partial charge in [-0.25, -0.2) is 0 Å². The van der Waals surface area contributed by atoms with E-state index >= 15 is 0 Å².